The Morgan fingerprint density at radius 1 is 1.19 bits per heavy atom. The number of methoxy groups -OCH3 is 1. The van der Waals surface area contributed by atoms with Gasteiger partial charge in [-0.05, 0) is 54.3 Å². The fraction of sp³-hybridized carbons (Fsp3) is 0.318. The second-order valence-electron chi connectivity index (χ2n) is 7.13. The molecule has 4 rings (SSSR count). The quantitative estimate of drug-likeness (QED) is 0.756. The van der Waals surface area contributed by atoms with Crippen molar-refractivity contribution in [2.45, 2.75) is 25.9 Å². The van der Waals surface area contributed by atoms with E-state index in [2.05, 4.69) is 35.5 Å². The van der Waals surface area contributed by atoms with Gasteiger partial charge in [-0.3, -0.25) is 4.79 Å². The highest BCUT2D eigenvalue weighted by molar-refractivity contribution is 5.84. The van der Waals surface area contributed by atoms with Gasteiger partial charge in [0.1, 0.15) is 12.3 Å². The average molecular weight is 363 g/mol. The van der Waals surface area contributed by atoms with E-state index in [4.69, 9.17) is 4.74 Å². The maximum Gasteiger partial charge on any atom is 0.240 e. The summed E-state index contributed by atoms with van der Waals surface area (Å²) in [6.45, 7) is 1.98. The van der Waals surface area contributed by atoms with Crippen molar-refractivity contribution in [1.82, 2.24) is 9.88 Å². The number of amides is 1. The van der Waals surface area contributed by atoms with Crippen LogP contribution in [0.5, 0.6) is 5.75 Å². The van der Waals surface area contributed by atoms with Gasteiger partial charge in [0, 0.05) is 42.9 Å². The third kappa shape index (κ3) is 3.63. The monoisotopic (exact) mass is 363 g/mol. The van der Waals surface area contributed by atoms with Crippen LogP contribution in [0.4, 0.5) is 5.69 Å². The van der Waals surface area contributed by atoms with E-state index < -0.39 is 0 Å². The van der Waals surface area contributed by atoms with Gasteiger partial charge in [-0.25, -0.2) is 0 Å². The molecule has 1 amide bonds. The van der Waals surface area contributed by atoms with Crippen LogP contribution >= 0.6 is 0 Å². The van der Waals surface area contributed by atoms with E-state index in [0.29, 0.717) is 13.1 Å². The van der Waals surface area contributed by atoms with E-state index in [-0.39, 0.29) is 5.91 Å². The second-order valence-corrected chi connectivity index (χ2v) is 7.13. The zero-order valence-electron chi connectivity index (χ0n) is 15.9. The van der Waals surface area contributed by atoms with Crippen molar-refractivity contribution in [2.24, 2.45) is 0 Å². The highest BCUT2D eigenvalue weighted by Gasteiger charge is 2.14. The number of carbonyl (C=O) groups is 1. The van der Waals surface area contributed by atoms with Gasteiger partial charge in [0.15, 0.2) is 0 Å². The Kier molecular flexibility index (Phi) is 4.75. The van der Waals surface area contributed by atoms with Crippen molar-refractivity contribution < 1.29 is 9.53 Å². The van der Waals surface area contributed by atoms with Crippen molar-refractivity contribution in [1.29, 1.82) is 0 Å². The summed E-state index contributed by atoms with van der Waals surface area (Å²) in [7, 11) is 3.79. The highest BCUT2D eigenvalue weighted by Crippen LogP contribution is 2.26. The fourth-order valence-corrected chi connectivity index (χ4v) is 3.80. The summed E-state index contributed by atoms with van der Waals surface area (Å²) in [5.74, 6) is 0.834. The van der Waals surface area contributed by atoms with Gasteiger partial charge in [0.2, 0.25) is 5.91 Å². The van der Waals surface area contributed by atoms with Gasteiger partial charge < -0.3 is 19.5 Å². The lowest BCUT2D eigenvalue weighted by Crippen LogP contribution is -2.27. The molecular formula is C22H25N3O2. The molecule has 27 heavy (non-hydrogen) atoms. The van der Waals surface area contributed by atoms with Gasteiger partial charge in [-0.1, -0.05) is 12.1 Å². The van der Waals surface area contributed by atoms with Crippen molar-refractivity contribution in [3.05, 3.63) is 59.8 Å². The normalized spacial score (nSPS) is 13.5. The topological polar surface area (TPSA) is 46.5 Å². The Bertz CT molecular complexity index is 977. The Morgan fingerprint density at radius 2 is 2.07 bits per heavy atom. The molecule has 2 aromatic carbocycles. The average Bonchev–Trinajstić information content (AvgIpc) is 3.08. The standard InChI is InChI=1S/C22H25N3O2/c1-24-10-3-4-17-12-16(5-7-20(17)24)14-23-22(26)15-25-11-9-18-13-19(27-2)6-8-21(18)25/h5-9,11-13H,3-4,10,14-15H2,1-2H3,(H,23,26). The van der Waals surface area contributed by atoms with E-state index in [1.165, 1.54) is 17.7 Å². The first-order valence-corrected chi connectivity index (χ1v) is 9.36. The van der Waals surface area contributed by atoms with E-state index >= 15 is 0 Å². The molecule has 0 radical (unpaired) electrons. The Morgan fingerprint density at radius 3 is 2.93 bits per heavy atom. The zero-order chi connectivity index (χ0) is 18.8. The number of benzene rings is 2. The van der Waals surface area contributed by atoms with Crippen molar-refractivity contribution in [3.8, 4) is 5.75 Å². The number of hydrogen-bond donors (Lipinski definition) is 1. The van der Waals surface area contributed by atoms with Crippen LogP contribution < -0.4 is 15.0 Å². The molecule has 1 N–H and O–H groups in total. The molecule has 0 spiro atoms. The number of aromatic nitrogens is 1. The SMILES string of the molecule is COc1ccc2c(ccn2CC(=O)NCc2ccc3c(c2)CCCN3C)c1. The van der Waals surface area contributed by atoms with E-state index in [1.807, 2.05) is 35.0 Å². The molecule has 3 aromatic rings. The van der Waals surface area contributed by atoms with Gasteiger partial charge >= 0.3 is 0 Å². The number of rotatable bonds is 5. The molecule has 140 valence electrons. The predicted molar refractivity (Wildman–Crippen MR) is 108 cm³/mol. The molecule has 0 unspecified atom stereocenters. The van der Waals surface area contributed by atoms with Crippen LogP contribution in [0.3, 0.4) is 0 Å². The first-order valence-electron chi connectivity index (χ1n) is 9.36. The van der Waals surface area contributed by atoms with Crippen LogP contribution in [0, 0.1) is 0 Å². The smallest absolute Gasteiger partial charge is 0.240 e. The number of ether oxygens (including phenoxy) is 1. The van der Waals surface area contributed by atoms with Crippen molar-refractivity contribution >= 4 is 22.5 Å². The van der Waals surface area contributed by atoms with Crippen LogP contribution in [-0.4, -0.2) is 31.2 Å². The summed E-state index contributed by atoms with van der Waals surface area (Å²) in [6, 6.07) is 14.4. The number of hydrogen-bond acceptors (Lipinski definition) is 3. The Balaban J connectivity index is 1.40. The molecule has 1 aliphatic rings. The molecule has 0 saturated carbocycles. The lowest BCUT2D eigenvalue weighted by Gasteiger charge is -2.27. The number of aryl methyl sites for hydroxylation is 1. The number of nitrogens with zero attached hydrogens (tertiary/aromatic N) is 2. The van der Waals surface area contributed by atoms with E-state index in [1.54, 1.807) is 7.11 Å². The van der Waals surface area contributed by atoms with Crippen LogP contribution in [0.1, 0.15) is 17.5 Å². The van der Waals surface area contributed by atoms with Gasteiger partial charge in [0.05, 0.1) is 7.11 Å². The molecule has 0 bridgehead atoms. The first kappa shape index (κ1) is 17.5. The summed E-state index contributed by atoms with van der Waals surface area (Å²) in [4.78, 5) is 14.7. The van der Waals surface area contributed by atoms with Crippen LogP contribution in [0.2, 0.25) is 0 Å². The van der Waals surface area contributed by atoms with Gasteiger partial charge in [-0.2, -0.15) is 0 Å². The van der Waals surface area contributed by atoms with E-state index in [9.17, 15) is 4.79 Å². The summed E-state index contributed by atoms with van der Waals surface area (Å²) in [6.07, 6.45) is 4.24. The van der Waals surface area contributed by atoms with E-state index in [0.717, 1.165) is 35.2 Å². The first-order chi connectivity index (χ1) is 13.1. The molecule has 2 heterocycles. The number of anilines is 1. The third-order valence-electron chi connectivity index (χ3n) is 5.28. The van der Waals surface area contributed by atoms with Crippen LogP contribution in [0.15, 0.2) is 48.7 Å². The molecule has 1 aromatic heterocycles. The molecule has 0 aliphatic carbocycles. The fourth-order valence-electron chi connectivity index (χ4n) is 3.80. The molecule has 0 saturated heterocycles. The summed E-state index contributed by atoms with van der Waals surface area (Å²) in [5.41, 5.74) is 4.87. The highest BCUT2D eigenvalue weighted by atomic mass is 16.5. The van der Waals surface area contributed by atoms with Crippen molar-refractivity contribution in [3.63, 3.8) is 0 Å². The maximum atomic E-state index is 12.4. The van der Waals surface area contributed by atoms with Gasteiger partial charge in [0.25, 0.3) is 0 Å². The zero-order valence-corrected chi connectivity index (χ0v) is 15.9. The summed E-state index contributed by atoms with van der Waals surface area (Å²) in [5, 5.41) is 4.11. The molecular weight excluding hydrogens is 338 g/mol. The third-order valence-corrected chi connectivity index (χ3v) is 5.28. The van der Waals surface area contributed by atoms with Crippen LogP contribution in [-0.2, 0) is 24.3 Å². The number of nitrogens with one attached hydrogen (secondary N) is 1. The minimum atomic E-state index is 0.0122. The molecule has 5 nitrogen and oxygen atoms in total. The molecule has 0 fully saturated rings. The number of carbonyl (C=O) groups excluding carboxylic acids is 1. The summed E-state index contributed by atoms with van der Waals surface area (Å²) < 4.78 is 7.22. The largest absolute Gasteiger partial charge is 0.497 e. The van der Waals surface area contributed by atoms with Crippen molar-refractivity contribution in [2.75, 3.05) is 25.6 Å². The number of fused-ring (bicyclic) bond motifs is 2. The van der Waals surface area contributed by atoms with Crippen LogP contribution in [0.25, 0.3) is 10.9 Å². The minimum Gasteiger partial charge on any atom is -0.497 e. The predicted octanol–water partition coefficient (Wildman–Crippen LogP) is 3.35. The maximum absolute atomic E-state index is 12.4. The Hall–Kier alpha value is -2.95. The minimum absolute atomic E-state index is 0.0122. The molecule has 5 heteroatoms. The van der Waals surface area contributed by atoms with Gasteiger partial charge in [-0.15, -0.1) is 0 Å². The lowest BCUT2D eigenvalue weighted by atomic mass is 9.99. The summed E-state index contributed by atoms with van der Waals surface area (Å²) >= 11 is 0. The lowest BCUT2D eigenvalue weighted by molar-refractivity contribution is -0.121. The Labute approximate surface area is 159 Å². The molecule has 0 atom stereocenters. The second kappa shape index (κ2) is 7.35. The molecule has 1 aliphatic heterocycles.